The Hall–Kier alpha value is -7.94. The topological polar surface area (TPSA) is 8.17 Å². The van der Waals surface area contributed by atoms with Crippen molar-refractivity contribution in [2.24, 2.45) is 5.41 Å². The van der Waals surface area contributed by atoms with Crippen LogP contribution in [0.15, 0.2) is 248 Å². The van der Waals surface area contributed by atoms with Gasteiger partial charge in [-0.3, -0.25) is 0 Å². The summed E-state index contributed by atoms with van der Waals surface area (Å²) in [6.07, 6.45) is 7.53. The third-order valence-electron chi connectivity index (χ3n) is 15.7. The molecule has 0 saturated carbocycles. The zero-order valence-electron chi connectivity index (χ0n) is 38.1. The van der Waals surface area contributed by atoms with Crippen molar-refractivity contribution in [2.45, 2.75) is 37.5 Å². The second-order valence-corrected chi connectivity index (χ2v) is 19.5. The fraction of sp³-hybridized carbons (Fsp3) is 0.108. The molecule has 1 heterocycles. The number of nitrogens with zero attached hydrogens (tertiary/aromatic N) is 2. The van der Waals surface area contributed by atoms with Gasteiger partial charge < -0.3 is 9.47 Å². The van der Waals surface area contributed by atoms with Crippen molar-refractivity contribution in [3.05, 3.63) is 282 Å². The van der Waals surface area contributed by atoms with Gasteiger partial charge in [0.2, 0.25) is 0 Å². The molecule has 10 aromatic rings. The predicted octanol–water partition coefficient (Wildman–Crippen LogP) is 16.5. The van der Waals surface area contributed by atoms with Gasteiger partial charge in [-0.2, -0.15) is 0 Å². The molecule has 0 N–H and O–H groups in total. The van der Waals surface area contributed by atoms with E-state index < -0.39 is 5.41 Å². The molecular formula is C65H50N2. The number of hydrogen-bond donors (Lipinski definition) is 0. The summed E-state index contributed by atoms with van der Waals surface area (Å²) in [6, 6.07) is 83.4. The minimum atomic E-state index is -0.404. The second-order valence-electron chi connectivity index (χ2n) is 19.5. The van der Waals surface area contributed by atoms with Crippen LogP contribution in [0.2, 0.25) is 0 Å². The van der Waals surface area contributed by atoms with E-state index in [0.717, 1.165) is 17.1 Å². The third kappa shape index (κ3) is 5.63. The average molecular weight is 859 g/mol. The van der Waals surface area contributed by atoms with Crippen molar-refractivity contribution in [1.82, 2.24) is 4.57 Å². The van der Waals surface area contributed by atoms with Crippen molar-refractivity contribution in [2.75, 3.05) is 4.90 Å². The minimum Gasteiger partial charge on any atom is -0.311 e. The van der Waals surface area contributed by atoms with Gasteiger partial charge in [0, 0.05) is 50.3 Å². The molecule has 13 rings (SSSR count). The van der Waals surface area contributed by atoms with E-state index in [9.17, 15) is 0 Å². The lowest BCUT2D eigenvalue weighted by atomic mass is 9.54. The summed E-state index contributed by atoms with van der Waals surface area (Å²) in [5, 5.41) is 2.54. The zero-order chi connectivity index (χ0) is 44.9. The maximum absolute atomic E-state index is 2.57. The largest absolute Gasteiger partial charge is 0.311 e. The van der Waals surface area contributed by atoms with Crippen LogP contribution in [0, 0.1) is 5.41 Å². The Morgan fingerprint density at radius 3 is 1.73 bits per heavy atom. The first-order valence-electron chi connectivity index (χ1n) is 23.7. The highest BCUT2D eigenvalue weighted by Crippen LogP contribution is 2.67. The van der Waals surface area contributed by atoms with Gasteiger partial charge in [-0.05, 0) is 110 Å². The standard InChI is InChI=1S/C65H50N2/c1-63(2)57-29-14-10-25-52(57)53-38-37-50(42-59(53)63)66(48-35-33-44(34-36-48)45-19-18-24-49(41-45)67-61-31-16-12-26-54(61)55-27-13-17-32-62(55)67)51-39-40-64(3)60(43-51)56-28-11-15-30-58(56)65(64,46-20-6-4-7-21-46)47-22-8-5-9-23-47/h4-43,60H,1-3H3. The first kappa shape index (κ1) is 39.4. The molecule has 2 heteroatoms. The highest BCUT2D eigenvalue weighted by molar-refractivity contribution is 6.09. The van der Waals surface area contributed by atoms with Crippen LogP contribution < -0.4 is 4.90 Å². The SMILES string of the molecule is CC1(C)c2ccccc2-c2ccc(N(C3=CC4c5ccccc5C(c5ccccc5)(c5ccccc5)C4(C)C=C3)c3ccc(-c4cccc(-n5c6ccccc6c6ccccc65)c4)cc3)cc21. The fourth-order valence-electron chi connectivity index (χ4n) is 12.7. The molecule has 3 aliphatic carbocycles. The van der Waals surface area contributed by atoms with Gasteiger partial charge in [0.1, 0.15) is 0 Å². The van der Waals surface area contributed by atoms with E-state index in [2.05, 4.69) is 273 Å². The monoisotopic (exact) mass is 858 g/mol. The second kappa shape index (κ2) is 14.8. The number of para-hydroxylation sites is 2. The van der Waals surface area contributed by atoms with Crippen LogP contribution in [-0.4, -0.2) is 4.57 Å². The molecule has 67 heavy (non-hydrogen) atoms. The van der Waals surface area contributed by atoms with E-state index in [4.69, 9.17) is 0 Å². The van der Waals surface area contributed by atoms with E-state index in [-0.39, 0.29) is 16.7 Å². The molecule has 0 radical (unpaired) electrons. The number of fused-ring (bicyclic) bond motifs is 9. The third-order valence-corrected chi connectivity index (χ3v) is 15.7. The van der Waals surface area contributed by atoms with Crippen LogP contribution in [0.3, 0.4) is 0 Å². The highest BCUT2D eigenvalue weighted by Gasteiger charge is 2.61. The van der Waals surface area contributed by atoms with Crippen molar-refractivity contribution in [1.29, 1.82) is 0 Å². The van der Waals surface area contributed by atoms with Crippen molar-refractivity contribution >= 4 is 33.2 Å². The Labute approximate surface area is 393 Å². The van der Waals surface area contributed by atoms with Crippen molar-refractivity contribution in [3.63, 3.8) is 0 Å². The highest BCUT2D eigenvalue weighted by atomic mass is 15.1. The molecular weight excluding hydrogens is 809 g/mol. The van der Waals surface area contributed by atoms with Crippen LogP contribution in [0.4, 0.5) is 11.4 Å². The summed E-state index contributed by atoms with van der Waals surface area (Å²) in [5.74, 6) is 0.101. The molecule has 0 aliphatic heterocycles. The van der Waals surface area contributed by atoms with E-state index in [1.54, 1.807) is 0 Å². The quantitative estimate of drug-likeness (QED) is 0.155. The number of benzene rings is 9. The van der Waals surface area contributed by atoms with E-state index in [0.29, 0.717) is 0 Å². The molecule has 9 aromatic carbocycles. The van der Waals surface area contributed by atoms with Gasteiger partial charge in [0.05, 0.1) is 16.4 Å². The minimum absolute atomic E-state index is 0.101. The normalized spacial score (nSPS) is 18.3. The summed E-state index contributed by atoms with van der Waals surface area (Å²) in [7, 11) is 0. The van der Waals surface area contributed by atoms with Gasteiger partial charge in [-0.15, -0.1) is 0 Å². The molecule has 2 nitrogen and oxygen atoms in total. The lowest BCUT2D eigenvalue weighted by molar-refractivity contribution is 0.287. The maximum atomic E-state index is 2.57. The Balaban J connectivity index is 0.960. The Kier molecular flexibility index (Phi) is 8.70. The molecule has 0 amide bonds. The molecule has 0 bridgehead atoms. The first-order chi connectivity index (χ1) is 32.9. The first-order valence-corrected chi connectivity index (χ1v) is 23.7. The predicted molar refractivity (Wildman–Crippen MR) is 280 cm³/mol. The molecule has 3 aliphatic rings. The number of anilines is 2. The molecule has 0 spiro atoms. The molecule has 2 atom stereocenters. The number of rotatable bonds is 7. The summed E-state index contributed by atoms with van der Waals surface area (Å²) >= 11 is 0. The Bertz CT molecular complexity index is 3530. The van der Waals surface area contributed by atoms with E-state index >= 15 is 0 Å². The smallest absolute Gasteiger partial charge is 0.0551 e. The summed E-state index contributed by atoms with van der Waals surface area (Å²) < 4.78 is 2.40. The summed E-state index contributed by atoms with van der Waals surface area (Å²) in [4.78, 5) is 2.50. The fourth-order valence-corrected chi connectivity index (χ4v) is 12.7. The number of aromatic nitrogens is 1. The van der Waals surface area contributed by atoms with Crippen LogP contribution in [-0.2, 0) is 10.8 Å². The zero-order valence-corrected chi connectivity index (χ0v) is 38.1. The van der Waals surface area contributed by atoms with Crippen molar-refractivity contribution in [3.8, 4) is 27.9 Å². The van der Waals surface area contributed by atoms with E-state index in [1.807, 2.05) is 0 Å². The van der Waals surface area contributed by atoms with Gasteiger partial charge in [0.15, 0.2) is 0 Å². The van der Waals surface area contributed by atoms with Gasteiger partial charge in [-0.1, -0.05) is 209 Å². The van der Waals surface area contributed by atoms with Gasteiger partial charge in [0.25, 0.3) is 0 Å². The summed E-state index contributed by atoms with van der Waals surface area (Å²) in [6.45, 7) is 7.24. The van der Waals surface area contributed by atoms with Crippen LogP contribution in [0.5, 0.6) is 0 Å². The van der Waals surface area contributed by atoms with Gasteiger partial charge in [-0.25, -0.2) is 0 Å². The van der Waals surface area contributed by atoms with Crippen molar-refractivity contribution < 1.29 is 0 Å². The lowest BCUT2D eigenvalue weighted by Gasteiger charge is -2.48. The summed E-state index contributed by atoms with van der Waals surface area (Å²) in [5.41, 5.74) is 19.3. The molecule has 0 fully saturated rings. The lowest BCUT2D eigenvalue weighted by Crippen LogP contribution is -2.44. The number of allylic oxidation sites excluding steroid dienone is 3. The molecule has 2 unspecified atom stereocenters. The molecule has 0 saturated heterocycles. The molecule has 320 valence electrons. The van der Waals surface area contributed by atoms with Crippen LogP contribution in [0.1, 0.15) is 60.1 Å². The number of hydrogen-bond acceptors (Lipinski definition) is 1. The van der Waals surface area contributed by atoms with Gasteiger partial charge >= 0.3 is 0 Å². The maximum Gasteiger partial charge on any atom is 0.0551 e. The van der Waals surface area contributed by atoms with Crippen LogP contribution in [0.25, 0.3) is 49.7 Å². The average Bonchev–Trinajstić information content (AvgIpc) is 3.93. The molecule has 1 aromatic heterocycles. The Morgan fingerprint density at radius 1 is 0.448 bits per heavy atom. The van der Waals surface area contributed by atoms with E-state index in [1.165, 1.54) is 83.1 Å². The van der Waals surface area contributed by atoms with Crippen LogP contribution >= 0.6 is 0 Å². The Morgan fingerprint density at radius 2 is 1.03 bits per heavy atom.